The second-order valence-electron chi connectivity index (χ2n) is 3.65. The van der Waals surface area contributed by atoms with Crippen LogP contribution >= 0.6 is 0 Å². The molecule has 16 heavy (non-hydrogen) atoms. The van der Waals surface area contributed by atoms with E-state index in [-0.39, 0.29) is 0 Å². The van der Waals surface area contributed by atoms with E-state index in [1.807, 2.05) is 47.3 Å². The second kappa shape index (κ2) is 6.83. The maximum absolute atomic E-state index is 4.42. The van der Waals surface area contributed by atoms with Gasteiger partial charge in [0, 0.05) is 6.20 Å². The van der Waals surface area contributed by atoms with Crippen LogP contribution < -0.4 is 0 Å². The van der Waals surface area contributed by atoms with E-state index < -0.39 is 0 Å². The van der Waals surface area contributed by atoms with Gasteiger partial charge in [-0.1, -0.05) is 45.4 Å². The summed E-state index contributed by atoms with van der Waals surface area (Å²) < 4.78 is 1.90. The van der Waals surface area contributed by atoms with Crippen molar-refractivity contribution < 1.29 is 0 Å². The van der Waals surface area contributed by atoms with Crippen LogP contribution in [0.5, 0.6) is 0 Å². The molecule has 1 heterocycles. The molecule has 86 valence electrons. The first kappa shape index (κ1) is 12.5. The monoisotopic (exact) mass is 216 g/mol. The summed E-state index contributed by atoms with van der Waals surface area (Å²) >= 11 is 0. The van der Waals surface area contributed by atoms with Crippen LogP contribution in [0.15, 0.2) is 42.6 Å². The molecule has 0 fully saturated rings. The Labute approximate surface area is 97.9 Å². The number of para-hydroxylation sites is 1. The van der Waals surface area contributed by atoms with Gasteiger partial charge in [-0.25, -0.2) is 4.68 Å². The van der Waals surface area contributed by atoms with Crippen molar-refractivity contribution in [1.82, 2.24) is 9.78 Å². The topological polar surface area (TPSA) is 17.8 Å². The van der Waals surface area contributed by atoms with Gasteiger partial charge in [0.25, 0.3) is 0 Å². The number of hydrogen-bond donors (Lipinski definition) is 0. The molecule has 0 spiro atoms. The summed E-state index contributed by atoms with van der Waals surface area (Å²) in [7, 11) is 0. The van der Waals surface area contributed by atoms with Crippen LogP contribution in [0.1, 0.15) is 32.9 Å². The zero-order valence-corrected chi connectivity index (χ0v) is 10.4. The SMILES string of the molecule is CCC.CCc1ccn(-c2ccccc2)n1. The minimum Gasteiger partial charge on any atom is -0.241 e. The third kappa shape index (κ3) is 3.54. The molecule has 0 aliphatic rings. The average Bonchev–Trinajstić information content (AvgIpc) is 2.80. The molecule has 0 atom stereocenters. The largest absolute Gasteiger partial charge is 0.241 e. The smallest absolute Gasteiger partial charge is 0.0645 e. The van der Waals surface area contributed by atoms with Gasteiger partial charge >= 0.3 is 0 Å². The Hall–Kier alpha value is -1.57. The first-order chi connectivity index (χ1) is 7.81. The van der Waals surface area contributed by atoms with Crippen LogP contribution in [0.3, 0.4) is 0 Å². The molecule has 0 unspecified atom stereocenters. The lowest BCUT2D eigenvalue weighted by molar-refractivity contribution is 0.841. The normalized spacial score (nSPS) is 9.44. The summed E-state index contributed by atoms with van der Waals surface area (Å²) in [5, 5.41) is 4.42. The molecule has 2 aromatic rings. The Morgan fingerprint density at radius 2 is 1.62 bits per heavy atom. The Bertz CT molecular complexity index is 390. The predicted molar refractivity (Wildman–Crippen MR) is 68.9 cm³/mol. The van der Waals surface area contributed by atoms with Crippen molar-refractivity contribution in [2.24, 2.45) is 0 Å². The van der Waals surface area contributed by atoms with E-state index in [4.69, 9.17) is 0 Å². The fourth-order valence-electron chi connectivity index (χ4n) is 1.27. The van der Waals surface area contributed by atoms with Gasteiger partial charge in [-0.3, -0.25) is 0 Å². The Morgan fingerprint density at radius 1 is 1.00 bits per heavy atom. The van der Waals surface area contributed by atoms with E-state index in [9.17, 15) is 0 Å². The van der Waals surface area contributed by atoms with Crippen LogP contribution in [-0.2, 0) is 6.42 Å². The summed E-state index contributed by atoms with van der Waals surface area (Å²) in [5.74, 6) is 0. The zero-order chi connectivity index (χ0) is 11.8. The van der Waals surface area contributed by atoms with Gasteiger partial charge in [0.2, 0.25) is 0 Å². The van der Waals surface area contributed by atoms with E-state index in [0.29, 0.717) is 0 Å². The van der Waals surface area contributed by atoms with Gasteiger partial charge in [0.15, 0.2) is 0 Å². The van der Waals surface area contributed by atoms with E-state index in [2.05, 4.69) is 25.9 Å². The molecular weight excluding hydrogens is 196 g/mol. The highest BCUT2D eigenvalue weighted by molar-refractivity contribution is 5.30. The average molecular weight is 216 g/mol. The summed E-state index contributed by atoms with van der Waals surface area (Å²) in [6, 6.07) is 12.2. The predicted octanol–water partition coefficient (Wildman–Crippen LogP) is 3.85. The van der Waals surface area contributed by atoms with Gasteiger partial charge in [-0.2, -0.15) is 5.10 Å². The number of nitrogens with zero attached hydrogens (tertiary/aromatic N) is 2. The molecule has 1 aromatic heterocycles. The van der Waals surface area contributed by atoms with Gasteiger partial charge in [0.1, 0.15) is 0 Å². The number of rotatable bonds is 2. The number of aromatic nitrogens is 2. The standard InChI is InChI=1S/C11H12N2.C3H8/c1-2-10-8-9-13(12-10)11-6-4-3-5-7-11;1-3-2/h3-9H,2H2,1H3;3H2,1-2H3. The van der Waals surface area contributed by atoms with Crippen molar-refractivity contribution in [2.45, 2.75) is 33.6 Å². The van der Waals surface area contributed by atoms with Gasteiger partial charge in [-0.15, -0.1) is 0 Å². The fraction of sp³-hybridized carbons (Fsp3) is 0.357. The fourth-order valence-corrected chi connectivity index (χ4v) is 1.27. The Balaban J connectivity index is 0.000000386. The number of aryl methyl sites for hydroxylation is 1. The van der Waals surface area contributed by atoms with Crippen molar-refractivity contribution in [3.63, 3.8) is 0 Å². The van der Waals surface area contributed by atoms with Crippen LogP contribution in [0.25, 0.3) is 5.69 Å². The molecule has 0 saturated carbocycles. The van der Waals surface area contributed by atoms with E-state index in [1.54, 1.807) is 0 Å². The Morgan fingerprint density at radius 3 is 2.12 bits per heavy atom. The first-order valence-corrected chi connectivity index (χ1v) is 5.91. The van der Waals surface area contributed by atoms with Crippen molar-refractivity contribution >= 4 is 0 Å². The molecule has 0 radical (unpaired) electrons. The molecule has 0 aliphatic carbocycles. The van der Waals surface area contributed by atoms with Crippen molar-refractivity contribution in [1.29, 1.82) is 0 Å². The molecular formula is C14H20N2. The minimum absolute atomic E-state index is 0.986. The first-order valence-electron chi connectivity index (χ1n) is 5.91. The maximum Gasteiger partial charge on any atom is 0.0645 e. The lowest BCUT2D eigenvalue weighted by Crippen LogP contribution is -1.94. The molecule has 0 saturated heterocycles. The number of benzene rings is 1. The van der Waals surface area contributed by atoms with Crippen LogP contribution in [0.2, 0.25) is 0 Å². The van der Waals surface area contributed by atoms with E-state index >= 15 is 0 Å². The third-order valence-electron chi connectivity index (χ3n) is 2.03. The van der Waals surface area contributed by atoms with Gasteiger partial charge in [0.05, 0.1) is 11.4 Å². The zero-order valence-electron chi connectivity index (χ0n) is 10.4. The molecule has 2 nitrogen and oxygen atoms in total. The minimum atomic E-state index is 0.986. The van der Waals surface area contributed by atoms with Crippen molar-refractivity contribution in [3.05, 3.63) is 48.3 Å². The van der Waals surface area contributed by atoms with Crippen LogP contribution in [-0.4, -0.2) is 9.78 Å². The summed E-state index contributed by atoms with van der Waals surface area (Å²) in [4.78, 5) is 0. The van der Waals surface area contributed by atoms with E-state index in [1.165, 1.54) is 6.42 Å². The molecule has 0 aliphatic heterocycles. The second-order valence-corrected chi connectivity index (χ2v) is 3.65. The molecule has 0 bridgehead atoms. The highest BCUT2D eigenvalue weighted by Gasteiger charge is 1.97. The highest BCUT2D eigenvalue weighted by Crippen LogP contribution is 2.06. The maximum atomic E-state index is 4.42. The quantitative estimate of drug-likeness (QED) is 0.745. The van der Waals surface area contributed by atoms with Crippen molar-refractivity contribution in [2.75, 3.05) is 0 Å². The van der Waals surface area contributed by atoms with Gasteiger partial charge in [-0.05, 0) is 24.6 Å². The molecule has 2 heteroatoms. The third-order valence-corrected chi connectivity index (χ3v) is 2.03. The van der Waals surface area contributed by atoms with Gasteiger partial charge < -0.3 is 0 Å². The molecule has 0 N–H and O–H groups in total. The molecule has 0 amide bonds. The van der Waals surface area contributed by atoms with Crippen LogP contribution in [0.4, 0.5) is 0 Å². The highest BCUT2D eigenvalue weighted by atomic mass is 15.3. The summed E-state index contributed by atoms with van der Waals surface area (Å²) in [6.45, 7) is 6.36. The molecule has 1 aromatic carbocycles. The van der Waals surface area contributed by atoms with E-state index in [0.717, 1.165) is 17.8 Å². The summed E-state index contributed by atoms with van der Waals surface area (Å²) in [5.41, 5.74) is 2.24. The summed E-state index contributed by atoms with van der Waals surface area (Å²) in [6.07, 6.45) is 4.23. The lowest BCUT2D eigenvalue weighted by atomic mass is 10.3. The molecule has 2 rings (SSSR count). The number of hydrogen-bond acceptors (Lipinski definition) is 1. The van der Waals surface area contributed by atoms with Crippen LogP contribution in [0, 0.1) is 0 Å². The van der Waals surface area contributed by atoms with Crippen molar-refractivity contribution in [3.8, 4) is 5.69 Å². The lowest BCUT2D eigenvalue weighted by Gasteiger charge is -1.98. The Kier molecular flexibility index (Phi) is 5.34.